The molecule has 3 rings (SSSR count). The summed E-state index contributed by atoms with van der Waals surface area (Å²) in [5.74, 6) is 1.81. The number of carbonyl (C=O) groups excluding carboxylic acids is 3. The maximum absolute atomic E-state index is 13.5. The fourth-order valence-corrected chi connectivity index (χ4v) is 4.70. The topological polar surface area (TPSA) is 126 Å². The maximum atomic E-state index is 13.5. The van der Waals surface area contributed by atoms with E-state index in [0.717, 1.165) is 23.1 Å². The van der Waals surface area contributed by atoms with Gasteiger partial charge in [-0.3, -0.25) is 0 Å². The molecule has 0 saturated heterocycles. The molecule has 10 heteroatoms. The van der Waals surface area contributed by atoms with Crippen molar-refractivity contribution in [2.24, 2.45) is 0 Å². The van der Waals surface area contributed by atoms with Crippen molar-refractivity contribution >= 4 is 23.6 Å². The second-order valence-corrected chi connectivity index (χ2v) is 12.5. The Morgan fingerprint density at radius 2 is 1.70 bits per heavy atom. The van der Waals surface area contributed by atoms with E-state index >= 15 is 0 Å². The summed E-state index contributed by atoms with van der Waals surface area (Å²) in [4.78, 5) is 41.8. The van der Waals surface area contributed by atoms with E-state index in [4.69, 9.17) is 18.9 Å². The number of ether oxygens (including phenoxy) is 4. The number of hydrogen-bond donors (Lipinski definition) is 1. The normalized spacial score (nSPS) is 15.9. The lowest BCUT2D eigenvalue weighted by Gasteiger charge is -2.30. The molecule has 0 saturated carbocycles. The summed E-state index contributed by atoms with van der Waals surface area (Å²) in [6.45, 7) is 15.9. The van der Waals surface area contributed by atoms with Crippen molar-refractivity contribution in [3.8, 4) is 0 Å². The summed E-state index contributed by atoms with van der Waals surface area (Å²) in [6, 6.07) is 7.72. The number of allylic oxidation sites excluding steroid dienone is 2. The van der Waals surface area contributed by atoms with E-state index in [0.29, 0.717) is 17.8 Å². The number of esters is 1. The molecule has 10 nitrogen and oxygen atoms in total. The van der Waals surface area contributed by atoms with Gasteiger partial charge in [0.15, 0.2) is 5.69 Å². The van der Waals surface area contributed by atoms with Gasteiger partial charge in [0.05, 0.1) is 17.3 Å². The minimum Gasteiger partial charge on any atom is -0.431 e. The third-order valence-corrected chi connectivity index (χ3v) is 6.49. The van der Waals surface area contributed by atoms with Gasteiger partial charge in [-0.05, 0) is 77.7 Å². The molecular weight excluding hydrogens is 564 g/mol. The van der Waals surface area contributed by atoms with E-state index < -0.39 is 41.8 Å². The van der Waals surface area contributed by atoms with Crippen LogP contribution in [0.25, 0.3) is 5.57 Å². The van der Waals surface area contributed by atoms with Crippen LogP contribution in [0, 0.1) is 0 Å². The Bertz CT molecular complexity index is 1450. The van der Waals surface area contributed by atoms with Gasteiger partial charge in [-0.25, -0.2) is 19.4 Å². The van der Waals surface area contributed by atoms with Gasteiger partial charge in [-0.2, -0.15) is 0 Å². The van der Waals surface area contributed by atoms with Crippen molar-refractivity contribution in [3.63, 3.8) is 0 Å². The maximum Gasteiger partial charge on any atom is 0.511 e. The number of aromatic nitrogens is 2. The van der Waals surface area contributed by atoms with Crippen LogP contribution < -0.4 is 0 Å². The van der Waals surface area contributed by atoms with Gasteiger partial charge in [0.1, 0.15) is 29.2 Å². The first kappa shape index (κ1) is 34.5. The largest absolute Gasteiger partial charge is 0.511 e. The Morgan fingerprint density at radius 1 is 1.05 bits per heavy atom. The molecule has 238 valence electrons. The average Bonchev–Trinajstić information content (AvgIpc) is 3.26. The summed E-state index contributed by atoms with van der Waals surface area (Å²) in [7, 11) is 0. The van der Waals surface area contributed by atoms with E-state index in [1.807, 2.05) is 64.0 Å². The number of carbonyl (C=O) groups is 2. The fraction of sp³-hybridized carbons (Fsp3) is 0.500. The first-order chi connectivity index (χ1) is 20.5. The monoisotopic (exact) mass is 608 g/mol. The molecule has 1 aliphatic rings. The minimum absolute atomic E-state index is 0.0669. The lowest BCUT2D eigenvalue weighted by atomic mass is 9.90. The second kappa shape index (κ2) is 14.2. The van der Waals surface area contributed by atoms with Gasteiger partial charge in [0.2, 0.25) is 6.29 Å². The summed E-state index contributed by atoms with van der Waals surface area (Å²) in [6.07, 6.45) is 3.56. The third kappa shape index (κ3) is 9.02. The van der Waals surface area contributed by atoms with Crippen LogP contribution in [-0.2, 0) is 42.3 Å². The predicted octanol–water partition coefficient (Wildman–Crippen LogP) is 6.07. The summed E-state index contributed by atoms with van der Waals surface area (Å²) < 4.78 is 23.5. The highest BCUT2D eigenvalue weighted by atomic mass is 16.8. The molecule has 2 atom stereocenters. The zero-order valence-corrected chi connectivity index (χ0v) is 27.1. The van der Waals surface area contributed by atoms with Crippen molar-refractivity contribution in [2.45, 2.75) is 111 Å². The highest BCUT2D eigenvalue weighted by Crippen LogP contribution is 2.33. The fourth-order valence-electron chi connectivity index (χ4n) is 4.70. The standard InChI is InChI=1S/C34H44N2O8/c1-10-12-27-35-30(34(8,9)40)28(31(38)42-22(4)43-32(39)41-21(2)3)36(27)19-23-15-17-24(18-16-23)26-14-11-13-25(20-37)29(26)44-33(5,6)7/h11,13-18,21-22,29,40H,10,12,19H2,1-9H3. The van der Waals surface area contributed by atoms with Crippen LogP contribution in [0.15, 0.2) is 48.1 Å². The van der Waals surface area contributed by atoms with Crippen molar-refractivity contribution in [3.05, 3.63) is 76.4 Å². The van der Waals surface area contributed by atoms with Gasteiger partial charge in [-0.1, -0.05) is 43.3 Å². The van der Waals surface area contributed by atoms with Crippen LogP contribution in [0.3, 0.4) is 0 Å². The molecule has 0 bridgehead atoms. The third-order valence-electron chi connectivity index (χ3n) is 6.49. The molecule has 1 aromatic heterocycles. The number of hydrogen-bond acceptors (Lipinski definition) is 9. The average molecular weight is 609 g/mol. The number of aliphatic hydroxyl groups is 1. The first-order valence-corrected chi connectivity index (χ1v) is 14.8. The molecule has 1 heterocycles. The van der Waals surface area contributed by atoms with E-state index in [-0.39, 0.29) is 17.9 Å². The number of rotatable bonds is 11. The van der Waals surface area contributed by atoms with Crippen LogP contribution >= 0.6 is 0 Å². The van der Waals surface area contributed by atoms with E-state index in [2.05, 4.69) is 4.98 Å². The molecule has 2 unspecified atom stereocenters. The predicted molar refractivity (Wildman–Crippen MR) is 166 cm³/mol. The zero-order chi connectivity index (χ0) is 32.8. The van der Waals surface area contributed by atoms with Crippen molar-refractivity contribution in [1.82, 2.24) is 9.55 Å². The van der Waals surface area contributed by atoms with Gasteiger partial charge in [-0.15, -0.1) is 0 Å². The van der Waals surface area contributed by atoms with Gasteiger partial charge in [0.25, 0.3) is 0 Å². The summed E-state index contributed by atoms with van der Waals surface area (Å²) in [5, 5.41) is 11.0. The van der Waals surface area contributed by atoms with Crippen molar-refractivity contribution in [2.75, 3.05) is 0 Å². The molecule has 1 N–H and O–H groups in total. The zero-order valence-electron chi connectivity index (χ0n) is 27.1. The van der Waals surface area contributed by atoms with Crippen LogP contribution in [-0.4, -0.2) is 56.8 Å². The minimum atomic E-state index is -1.46. The Kier molecular flexibility index (Phi) is 11.1. The molecule has 44 heavy (non-hydrogen) atoms. The molecule has 0 aliphatic heterocycles. The molecule has 1 aromatic carbocycles. The number of benzene rings is 1. The molecule has 0 radical (unpaired) electrons. The van der Waals surface area contributed by atoms with Gasteiger partial charge < -0.3 is 28.6 Å². The Balaban J connectivity index is 1.97. The number of imidazole rings is 1. The van der Waals surface area contributed by atoms with E-state index in [1.54, 1.807) is 44.4 Å². The number of nitrogens with zero attached hydrogens (tertiary/aromatic N) is 2. The van der Waals surface area contributed by atoms with E-state index in [1.165, 1.54) is 6.92 Å². The Labute approximate surface area is 259 Å². The molecule has 1 aliphatic carbocycles. The molecule has 0 amide bonds. The van der Waals surface area contributed by atoms with Crippen LogP contribution in [0.2, 0.25) is 0 Å². The highest BCUT2D eigenvalue weighted by Gasteiger charge is 2.34. The molecular formula is C34H44N2O8. The van der Waals surface area contributed by atoms with Crippen LogP contribution in [0.5, 0.6) is 0 Å². The smallest absolute Gasteiger partial charge is 0.431 e. The molecule has 0 fully saturated rings. The Morgan fingerprint density at radius 3 is 2.25 bits per heavy atom. The summed E-state index contributed by atoms with van der Waals surface area (Å²) >= 11 is 0. The number of aryl methyl sites for hydroxylation is 1. The van der Waals surface area contributed by atoms with E-state index in [9.17, 15) is 19.5 Å². The van der Waals surface area contributed by atoms with Gasteiger partial charge >= 0.3 is 12.1 Å². The molecule has 2 aromatic rings. The van der Waals surface area contributed by atoms with Crippen LogP contribution in [0.4, 0.5) is 4.79 Å². The quantitative estimate of drug-likeness (QED) is 0.184. The molecule has 0 spiro atoms. The van der Waals surface area contributed by atoms with Crippen molar-refractivity contribution in [1.29, 1.82) is 0 Å². The second-order valence-electron chi connectivity index (χ2n) is 12.5. The first-order valence-electron chi connectivity index (χ1n) is 14.8. The summed E-state index contributed by atoms with van der Waals surface area (Å²) in [5.41, 5.74) is 1.26. The lowest BCUT2D eigenvalue weighted by molar-refractivity contribution is -0.0874. The van der Waals surface area contributed by atoms with Crippen LogP contribution in [0.1, 0.15) is 102 Å². The van der Waals surface area contributed by atoms with Crippen molar-refractivity contribution < 1.29 is 38.4 Å². The highest BCUT2D eigenvalue weighted by molar-refractivity contribution is 5.89. The Hall–Kier alpha value is -3.98. The van der Waals surface area contributed by atoms with Gasteiger partial charge in [0, 0.05) is 19.9 Å². The lowest BCUT2D eigenvalue weighted by Crippen LogP contribution is -2.30. The SMILES string of the molecule is CCCc1nc(C(C)(C)O)c(C(=O)OC(C)OC(=O)OC(C)C)n1Cc1ccc(C2=CC=CC(=C=O)C2OC(C)(C)C)cc1.